The Morgan fingerprint density at radius 2 is 1.90 bits per heavy atom. The van der Waals surface area contributed by atoms with E-state index in [0.717, 1.165) is 0 Å². The monoisotopic (exact) mass is 434 g/mol. The van der Waals surface area contributed by atoms with Gasteiger partial charge in [0.1, 0.15) is 11.2 Å². The van der Waals surface area contributed by atoms with Crippen LogP contribution < -0.4 is 10.2 Å². The minimum absolute atomic E-state index is 0.0466. The molecule has 0 spiro atoms. The lowest BCUT2D eigenvalue weighted by Gasteiger charge is -2.38. The van der Waals surface area contributed by atoms with Crippen LogP contribution in [0.3, 0.4) is 0 Å². The summed E-state index contributed by atoms with van der Waals surface area (Å²) in [5, 5.41) is 9.94. The van der Waals surface area contributed by atoms with E-state index in [1.165, 1.54) is 13.3 Å². The molecule has 1 unspecified atom stereocenters. The smallest absolute Gasteiger partial charge is 0.341 e. The first-order chi connectivity index (χ1) is 13.7. The van der Waals surface area contributed by atoms with E-state index >= 15 is 0 Å². The van der Waals surface area contributed by atoms with E-state index in [1.54, 1.807) is 17.6 Å². The van der Waals surface area contributed by atoms with Crippen LogP contribution in [0.25, 0.3) is 11.0 Å². The Kier molecular flexibility index (Phi) is 6.83. The zero-order valence-electron chi connectivity index (χ0n) is 19.5. The van der Waals surface area contributed by atoms with Crippen LogP contribution >= 0.6 is 0 Å². The number of pyridine rings is 2. The van der Waals surface area contributed by atoms with Gasteiger partial charge in [-0.25, -0.2) is 4.79 Å². The predicted octanol–water partition coefficient (Wildman–Crippen LogP) is 4.63. The molecule has 2 heterocycles. The highest BCUT2D eigenvalue weighted by atomic mass is 28.4. The molecular weight excluding hydrogens is 400 g/mol. The third kappa shape index (κ3) is 4.59. The quantitative estimate of drug-likeness (QED) is 0.639. The Morgan fingerprint density at radius 3 is 2.37 bits per heavy atom. The second kappa shape index (κ2) is 8.51. The highest BCUT2D eigenvalue weighted by Crippen LogP contribution is 2.37. The second-order valence-corrected chi connectivity index (χ2v) is 14.5. The van der Waals surface area contributed by atoms with Crippen molar-refractivity contribution in [1.29, 1.82) is 0 Å². The Balaban J connectivity index is 2.72. The number of rotatable bonds is 7. The van der Waals surface area contributed by atoms with E-state index in [4.69, 9.17) is 9.16 Å². The highest BCUT2D eigenvalue weighted by Gasteiger charge is 2.38. The number of aryl methyl sites for hydroxylation is 1. The average molecular weight is 435 g/mol. The van der Waals surface area contributed by atoms with Gasteiger partial charge in [0.15, 0.2) is 8.32 Å². The van der Waals surface area contributed by atoms with Crippen molar-refractivity contribution < 1.29 is 19.1 Å². The molecule has 0 aliphatic carbocycles. The lowest BCUT2D eigenvalue weighted by atomic mass is 10.0. The number of hydrogen-bond donors (Lipinski definition) is 1. The number of hydrogen-bond acceptors (Lipinski definition) is 5. The van der Waals surface area contributed by atoms with E-state index in [0.29, 0.717) is 23.7 Å². The number of aromatic carboxylic acids is 1. The number of carbonyl (C=O) groups is 1. The first kappa shape index (κ1) is 24.1. The molecule has 8 heteroatoms. The van der Waals surface area contributed by atoms with Crippen molar-refractivity contribution in [2.75, 3.05) is 13.7 Å². The number of nitrogens with zero attached hydrogens (tertiary/aromatic N) is 2. The van der Waals surface area contributed by atoms with E-state index in [9.17, 15) is 14.7 Å². The van der Waals surface area contributed by atoms with Crippen molar-refractivity contribution in [3.05, 3.63) is 33.6 Å². The van der Waals surface area contributed by atoms with Gasteiger partial charge in [0, 0.05) is 11.8 Å². The second-order valence-electron chi connectivity index (χ2n) is 9.65. The lowest BCUT2D eigenvalue weighted by molar-refractivity contribution is 0.0694. The summed E-state index contributed by atoms with van der Waals surface area (Å²) in [5.74, 6) is -0.722. The lowest BCUT2D eigenvalue weighted by Crippen LogP contribution is -2.42. The summed E-state index contributed by atoms with van der Waals surface area (Å²) in [7, 11) is -0.500. The summed E-state index contributed by atoms with van der Waals surface area (Å²) in [6.07, 6.45) is 1.40. The number of methoxy groups -OCH3 is 1. The molecule has 166 valence electrons. The van der Waals surface area contributed by atoms with Gasteiger partial charge in [0.2, 0.25) is 11.3 Å². The molecule has 0 bridgehead atoms. The summed E-state index contributed by atoms with van der Waals surface area (Å²) < 4.78 is 13.6. The molecule has 0 aliphatic heterocycles. The Hall–Kier alpha value is -2.19. The molecule has 0 fully saturated rings. The molecule has 30 heavy (non-hydrogen) atoms. The Bertz CT molecular complexity index is 1010. The molecule has 0 saturated carbocycles. The molecule has 0 radical (unpaired) electrons. The molecule has 0 saturated heterocycles. The van der Waals surface area contributed by atoms with Gasteiger partial charge in [-0.3, -0.25) is 4.79 Å². The van der Waals surface area contributed by atoms with Gasteiger partial charge in [-0.15, -0.1) is 0 Å². The first-order valence-corrected chi connectivity index (χ1v) is 13.1. The van der Waals surface area contributed by atoms with Crippen LogP contribution in [0.15, 0.2) is 17.1 Å². The van der Waals surface area contributed by atoms with Gasteiger partial charge in [-0.2, -0.15) is 4.98 Å². The maximum atomic E-state index is 12.8. The van der Waals surface area contributed by atoms with E-state index in [1.807, 2.05) is 0 Å². The van der Waals surface area contributed by atoms with Gasteiger partial charge in [-0.05, 0) is 37.0 Å². The van der Waals surface area contributed by atoms with Crippen molar-refractivity contribution >= 4 is 25.3 Å². The number of fused-ring (bicyclic) bond motifs is 1. The summed E-state index contributed by atoms with van der Waals surface area (Å²) in [5.41, 5.74) is 0.270. The Labute approximate surface area is 179 Å². The number of carboxylic acid groups (broad SMARTS) is 1. The molecule has 1 atom stereocenters. The van der Waals surface area contributed by atoms with Gasteiger partial charge >= 0.3 is 5.97 Å². The normalized spacial score (nSPS) is 13.7. The van der Waals surface area contributed by atoms with Gasteiger partial charge in [0.25, 0.3) is 0 Å². The molecule has 7 nitrogen and oxygen atoms in total. The predicted molar refractivity (Wildman–Crippen MR) is 121 cm³/mol. The van der Waals surface area contributed by atoms with Crippen LogP contribution in [0.5, 0.6) is 5.88 Å². The van der Waals surface area contributed by atoms with Crippen LogP contribution in [0.4, 0.5) is 0 Å². The standard InChI is InChI=1S/C22H34N2O5Si/c1-13(2)17(12-29-30(8,9)22(4,5)6)24-11-16(21(26)27)18(25)15-10-14(3)20(28-7)23-19(15)24/h10-11,13,17H,12H2,1-9H3,(H,26,27). The maximum Gasteiger partial charge on any atom is 0.341 e. The van der Waals surface area contributed by atoms with Crippen molar-refractivity contribution in [3.63, 3.8) is 0 Å². The van der Waals surface area contributed by atoms with Crippen molar-refractivity contribution in [2.45, 2.75) is 65.7 Å². The fraction of sp³-hybridized carbons (Fsp3) is 0.591. The van der Waals surface area contributed by atoms with Gasteiger partial charge in [-0.1, -0.05) is 34.6 Å². The average Bonchev–Trinajstić information content (AvgIpc) is 2.61. The molecule has 2 rings (SSSR count). The molecule has 0 aliphatic rings. The summed E-state index contributed by atoms with van der Waals surface area (Å²) in [6, 6.07) is 1.46. The van der Waals surface area contributed by atoms with E-state index in [2.05, 4.69) is 52.7 Å². The maximum absolute atomic E-state index is 12.8. The summed E-state index contributed by atoms with van der Waals surface area (Å²) in [4.78, 5) is 29.2. The number of aromatic nitrogens is 2. The molecule has 1 N–H and O–H groups in total. The summed E-state index contributed by atoms with van der Waals surface area (Å²) >= 11 is 0. The zero-order chi connectivity index (χ0) is 23.0. The third-order valence-electron chi connectivity index (χ3n) is 6.12. The molecule has 0 aromatic carbocycles. The van der Waals surface area contributed by atoms with Crippen molar-refractivity contribution in [3.8, 4) is 5.88 Å². The fourth-order valence-electron chi connectivity index (χ4n) is 3.07. The number of ether oxygens (including phenoxy) is 1. The molecule has 2 aromatic heterocycles. The minimum atomic E-state index is -2.02. The van der Waals surface area contributed by atoms with Crippen LogP contribution in [-0.2, 0) is 4.43 Å². The largest absolute Gasteiger partial charge is 0.481 e. The van der Waals surface area contributed by atoms with Crippen LogP contribution in [0, 0.1) is 12.8 Å². The highest BCUT2D eigenvalue weighted by molar-refractivity contribution is 6.74. The summed E-state index contributed by atoms with van der Waals surface area (Å²) in [6.45, 7) is 17.2. The van der Waals surface area contributed by atoms with Crippen LogP contribution in [0.2, 0.25) is 18.1 Å². The third-order valence-corrected chi connectivity index (χ3v) is 10.6. The minimum Gasteiger partial charge on any atom is -0.481 e. The van der Waals surface area contributed by atoms with Crippen molar-refractivity contribution in [1.82, 2.24) is 9.55 Å². The van der Waals surface area contributed by atoms with Crippen LogP contribution in [0.1, 0.15) is 56.6 Å². The van der Waals surface area contributed by atoms with E-state index in [-0.39, 0.29) is 27.9 Å². The van der Waals surface area contributed by atoms with Gasteiger partial charge < -0.3 is 18.8 Å². The first-order valence-electron chi connectivity index (χ1n) is 10.2. The fourth-order valence-corrected chi connectivity index (χ4v) is 4.09. The zero-order valence-corrected chi connectivity index (χ0v) is 20.5. The van der Waals surface area contributed by atoms with E-state index < -0.39 is 19.7 Å². The van der Waals surface area contributed by atoms with Crippen LogP contribution in [-0.4, -0.2) is 42.7 Å². The van der Waals surface area contributed by atoms with Gasteiger partial charge in [0.05, 0.1) is 25.1 Å². The number of carboxylic acids is 1. The molecular formula is C22H34N2O5Si. The Morgan fingerprint density at radius 1 is 1.30 bits per heavy atom. The topological polar surface area (TPSA) is 90.6 Å². The molecule has 2 aromatic rings. The SMILES string of the molecule is COc1nc2c(cc1C)c(=O)c(C(=O)O)cn2C(CO[Si](C)(C)C(C)(C)C)C(C)C. The van der Waals surface area contributed by atoms with Crippen molar-refractivity contribution in [2.24, 2.45) is 5.92 Å². The molecule has 0 amide bonds.